The van der Waals surface area contributed by atoms with Crippen LogP contribution in [-0.4, -0.2) is 4.92 Å². The zero-order valence-corrected chi connectivity index (χ0v) is 9.52. The Morgan fingerprint density at radius 2 is 1.76 bits per heavy atom. The summed E-state index contributed by atoms with van der Waals surface area (Å²) in [5, 5.41) is 10.9. The summed E-state index contributed by atoms with van der Waals surface area (Å²) < 4.78 is 0. The van der Waals surface area contributed by atoms with Crippen LogP contribution in [0.4, 0.5) is 11.4 Å². The van der Waals surface area contributed by atoms with E-state index >= 15 is 0 Å². The van der Waals surface area contributed by atoms with Crippen LogP contribution in [0, 0.1) is 10.1 Å². The maximum atomic E-state index is 10.9. The van der Waals surface area contributed by atoms with Crippen molar-refractivity contribution in [3.8, 4) is 11.1 Å². The molecule has 17 heavy (non-hydrogen) atoms. The molecule has 0 radical (unpaired) electrons. The normalized spacial score (nSPS) is 10.2. The average Bonchev–Trinajstić information content (AvgIpc) is 2.30. The molecule has 0 aromatic heterocycles. The van der Waals surface area contributed by atoms with Crippen LogP contribution in [0.2, 0.25) is 5.02 Å². The number of anilines is 1. The third kappa shape index (κ3) is 2.07. The van der Waals surface area contributed by atoms with E-state index in [0.717, 1.165) is 5.56 Å². The van der Waals surface area contributed by atoms with E-state index in [1.165, 1.54) is 6.07 Å². The summed E-state index contributed by atoms with van der Waals surface area (Å²) >= 11 is 6.02. The van der Waals surface area contributed by atoms with Crippen LogP contribution in [0.15, 0.2) is 42.5 Å². The summed E-state index contributed by atoms with van der Waals surface area (Å²) in [5.41, 5.74) is 6.79. The fraction of sp³-hybridized carbons (Fsp3) is 0. The van der Waals surface area contributed by atoms with E-state index < -0.39 is 4.92 Å². The standard InChI is InChI=1S/C12H9ClN2O2/c13-11-9(8-4-2-1-3-5-8)6-7-10(14)12(11)15(16)17/h1-7H,14H2. The van der Waals surface area contributed by atoms with Crippen LogP contribution in [0.25, 0.3) is 11.1 Å². The van der Waals surface area contributed by atoms with E-state index in [4.69, 9.17) is 17.3 Å². The van der Waals surface area contributed by atoms with Crippen molar-refractivity contribution >= 4 is 23.0 Å². The Morgan fingerprint density at radius 3 is 2.35 bits per heavy atom. The summed E-state index contributed by atoms with van der Waals surface area (Å²) in [6.07, 6.45) is 0. The molecule has 0 unspecified atom stereocenters. The molecule has 5 heteroatoms. The molecule has 2 aromatic carbocycles. The lowest BCUT2D eigenvalue weighted by Gasteiger charge is -2.06. The summed E-state index contributed by atoms with van der Waals surface area (Å²) in [6, 6.07) is 12.4. The molecule has 0 heterocycles. The maximum Gasteiger partial charge on any atom is 0.311 e. The molecule has 2 N–H and O–H groups in total. The summed E-state index contributed by atoms with van der Waals surface area (Å²) in [7, 11) is 0. The first-order chi connectivity index (χ1) is 8.11. The minimum Gasteiger partial charge on any atom is -0.393 e. The van der Waals surface area contributed by atoms with Crippen molar-refractivity contribution in [3.63, 3.8) is 0 Å². The first-order valence-electron chi connectivity index (χ1n) is 4.89. The highest BCUT2D eigenvalue weighted by Crippen LogP contribution is 2.38. The van der Waals surface area contributed by atoms with Crippen molar-refractivity contribution in [1.29, 1.82) is 0 Å². The predicted octanol–water partition coefficient (Wildman–Crippen LogP) is 3.50. The second-order valence-electron chi connectivity index (χ2n) is 3.49. The van der Waals surface area contributed by atoms with Gasteiger partial charge in [0.1, 0.15) is 10.7 Å². The van der Waals surface area contributed by atoms with Crippen LogP contribution >= 0.6 is 11.6 Å². The molecule has 86 valence electrons. The SMILES string of the molecule is Nc1ccc(-c2ccccc2)c(Cl)c1[N+](=O)[O-]. The number of benzene rings is 2. The minimum absolute atomic E-state index is 0.0691. The maximum absolute atomic E-state index is 10.9. The lowest BCUT2D eigenvalue weighted by atomic mass is 10.0. The first-order valence-corrected chi connectivity index (χ1v) is 5.27. The van der Waals surface area contributed by atoms with Crippen molar-refractivity contribution in [2.75, 3.05) is 5.73 Å². The highest BCUT2D eigenvalue weighted by atomic mass is 35.5. The highest BCUT2D eigenvalue weighted by Gasteiger charge is 2.20. The summed E-state index contributed by atoms with van der Waals surface area (Å²) in [6.45, 7) is 0. The highest BCUT2D eigenvalue weighted by molar-refractivity contribution is 6.36. The quantitative estimate of drug-likeness (QED) is 0.502. The van der Waals surface area contributed by atoms with Gasteiger partial charge >= 0.3 is 5.69 Å². The first kappa shape index (κ1) is 11.4. The largest absolute Gasteiger partial charge is 0.393 e. The molecule has 0 atom stereocenters. The second-order valence-corrected chi connectivity index (χ2v) is 3.87. The smallest absolute Gasteiger partial charge is 0.311 e. The number of halogens is 1. The second kappa shape index (κ2) is 4.43. The van der Waals surface area contributed by atoms with Gasteiger partial charge in [-0.05, 0) is 11.6 Å². The molecule has 0 aliphatic heterocycles. The van der Waals surface area contributed by atoms with Gasteiger partial charge in [0, 0.05) is 5.56 Å². The monoisotopic (exact) mass is 248 g/mol. The number of hydrogen-bond acceptors (Lipinski definition) is 3. The van der Waals surface area contributed by atoms with Gasteiger partial charge in [-0.2, -0.15) is 0 Å². The number of nitro groups is 1. The van der Waals surface area contributed by atoms with Crippen LogP contribution in [0.1, 0.15) is 0 Å². The molecule has 0 amide bonds. The Balaban J connectivity index is 2.66. The van der Waals surface area contributed by atoms with Crippen molar-refractivity contribution in [2.24, 2.45) is 0 Å². The number of nitro benzene ring substituents is 1. The molecule has 0 fully saturated rings. The third-order valence-electron chi connectivity index (χ3n) is 2.41. The molecule has 0 bridgehead atoms. The van der Waals surface area contributed by atoms with Crippen molar-refractivity contribution < 1.29 is 4.92 Å². The number of rotatable bonds is 2. The van der Waals surface area contributed by atoms with E-state index in [1.54, 1.807) is 6.07 Å². The van der Waals surface area contributed by atoms with Gasteiger partial charge in [0.25, 0.3) is 0 Å². The van der Waals surface area contributed by atoms with Gasteiger partial charge in [0.05, 0.1) is 4.92 Å². The zero-order chi connectivity index (χ0) is 12.4. The van der Waals surface area contributed by atoms with Crippen LogP contribution in [0.5, 0.6) is 0 Å². The van der Waals surface area contributed by atoms with Crippen molar-refractivity contribution in [1.82, 2.24) is 0 Å². The molecule has 0 aliphatic rings. The van der Waals surface area contributed by atoms with Crippen LogP contribution in [0.3, 0.4) is 0 Å². The van der Waals surface area contributed by atoms with Gasteiger partial charge in [0.15, 0.2) is 0 Å². The van der Waals surface area contributed by atoms with Gasteiger partial charge in [0.2, 0.25) is 0 Å². The van der Waals surface area contributed by atoms with Crippen LogP contribution < -0.4 is 5.73 Å². The Labute approximate surface area is 103 Å². The third-order valence-corrected chi connectivity index (χ3v) is 2.80. The van der Waals surface area contributed by atoms with Gasteiger partial charge in [-0.15, -0.1) is 0 Å². The van der Waals surface area contributed by atoms with Gasteiger partial charge in [-0.25, -0.2) is 0 Å². The fourth-order valence-electron chi connectivity index (χ4n) is 1.61. The van der Waals surface area contributed by atoms with E-state index in [1.807, 2.05) is 30.3 Å². The van der Waals surface area contributed by atoms with Gasteiger partial charge < -0.3 is 5.73 Å². The molecule has 0 aliphatic carbocycles. The number of hydrogen-bond donors (Lipinski definition) is 1. The Kier molecular flexibility index (Phi) is 2.97. The zero-order valence-electron chi connectivity index (χ0n) is 8.76. The van der Waals surface area contributed by atoms with E-state index in [-0.39, 0.29) is 16.4 Å². The molecule has 4 nitrogen and oxygen atoms in total. The molecule has 0 saturated carbocycles. The Hall–Kier alpha value is -2.07. The molecular formula is C12H9ClN2O2. The lowest BCUT2D eigenvalue weighted by Crippen LogP contribution is -1.97. The fourth-order valence-corrected chi connectivity index (χ4v) is 1.96. The van der Waals surface area contributed by atoms with Crippen LogP contribution in [-0.2, 0) is 0 Å². The molecule has 2 rings (SSSR count). The summed E-state index contributed by atoms with van der Waals surface area (Å²) in [4.78, 5) is 10.3. The molecule has 0 saturated heterocycles. The molecule has 2 aromatic rings. The Morgan fingerprint density at radius 1 is 1.12 bits per heavy atom. The molecule has 0 spiro atoms. The minimum atomic E-state index is -0.565. The number of nitrogens with zero attached hydrogens (tertiary/aromatic N) is 1. The number of nitrogen functional groups attached to an aromatic ring is 1. The van der Waals surface area contributed by atoms with Gasteiger partial charge in [-0.1, -0.05) is 48.0 Å². The van der Waals surface area contributed by atoms with E-state index in [9.17, 15) is 10.1 Å². The number of nitrogens with two attached hydrogens (primary N) is 1. The lowest BCUT2D eigenvalue weighted by molar-refractivity contribution is -0.383. The molecular weight excluding hydrogens is 240 g/mol. The predicted molar refractivity (Wildman–Crippen MR) is 68.0 cm³/mol. The van der Waals surface area contributed by atoms with Crippen molar-refractivity contribution in [2.45, 2.75) is 0 Å². The summed E-state index contributed by atoms with van der Waals surface area (Å²) in [5.74, 6) is 0. The van der Waals surface area contributed by atoms with Crippen molar-refractivity contribution in [3.05, 3.63) is 57.6 Å². The van der Waals surface area contributed by atoms with Gasteiger partial charge in [-0.3, -0.25) is 10.1 Å². The van der Waals surface area contributed by atoms with E-state index in [0.29, 0.717) is 5.56 Å². The average molecular weight is 249 g/mol. The topological polar surface area (TPSA) is 69.2 Å². The van der Waals surface area contributed by atoms with E-state index in [2.05, 4.69) is 0 Å². The Bertz CT molecular complexity index is 570.